The van der Waals surface area contributed by atoms with Gasteiger partial charge in [-0.3, -0.25) is 4.79 Å². The number of ether oxygens (including phenoxy) is 2. The van der Waals surface area contributed by atoms with Crippen LogP contribution in [0.15, 0.2) is 54.7 Å². The van der Waals surface area contributed by atoms with E-state index in [1.807, 2.05) is 36.1 Å². The minimum absolute atomic E-state index is 0.118. The number of halogens is 4. The number of amides is 1. The van der Waals surface area contributed by atoms with Gasteiger partial charge in [0.25, 0.3) is 0 Å². The zero-order valence-electron chi connectivity index (χ0n) is 23.6. The maximum atomic E-state index is 14.0. The van der Waals surface area contributed by atoms with Crippen LogP contribution in [-0.4, -0.2) is 66.7 Å². The van der Waals surface area contributed by atoms with Crippen LogP contribution in [0.2, 0.25) is 0 Å². The minimum Gasteiger partial charge on any atom is -0.435 e. The number of anilines is 2. The highest BCUT2D eigenvalue weighted by Crippen LogP contribution is 2.39. The molecule has 0 aliphatic carbocycles. The number of hydrogen-bond acceptors (Lipinski definition) is 7. The zero-order valence-corrected chi connectivity index (χ0v) is 23.6. The number of likely N-dealkylation sites (N-methyl/N-ethyl adjacent to an activating group) is 1. The second-order valence-electron chi connectivity index (χ2n) is 10.7. The molecule has 0 saturated carbocycles. The summed E-state index contributed by atoms with van der Waals surface area (Å²) in [6, 6.07) is 12.3. The Morgan fingerprint density at radius 2 is 1.69 bits per heavy atom. The lowest BCUT2D eigenvalue weighted by atomic mass is 9.82. The van der Waals surface area contributed by atoms with Crippen molar-refractivity contribution >= 4 is 17.4 Å². The Bertz CT molecular complexity index is 1390. The van der Waals surface area contributed by atoms with Crippen molar-refractivity contribution in [1.29, 1.82) is 0 Å². The molecule has 3 aromatic rings. The first-order valence-electron chi connectivity index (χ1n) is 13.3. The molecule has 1 aliphatic heterocycles. The lowest BCUT2D eigenvalue weighted by molar-refractivity contribution is -0.122. The highest BCUT2D eigenvalue weighted by atomic mass is 19.3. The Morgan fingerprint density at radius 3 is 2.26 bits per heavy atom. The van der Waals surface area contributed by atoms with Crippen molar-refractivity contribution in [1.82, 2.24) is 4.98 Å². The third-order valence-corrected chi connectivity index (χ3v) is 7.45. The van der Waals surface area contributed by atoms with Gasteiger partial charge in [0.1, 0.15) is 17.3 Å². The minimum atomic E-state index is -3.22. The number of aliphatic hydroxyl groups excluding tert-OH is 2. The van der Waals surface area contributed by atoms with Crippen molar-refractivity contribution in [2.75, 3.05) is 30.0 Å². The van der Waals surface area contributed by atoms with E-state index < -0.39 is 42.1 Å². The summed E-state index contributed by atoms with van der Waals surface area (Å²) in [5.74, 6) is -0.841. The second kappa shape index (κ2) is 12.5. The molecule has 0 bridgehead atoms. The molecule has 1 aromatic heterocycles. The highest BCUT2D eigenvalue weighted by molar-refractivity contribution is 6.03. The van der Waals surface area contributed by atoms with Gasteiger partial charge in [-0.2, -0.15) is 17.6 Å². The van der Waals surface area contributed by atoms with Crippen LogP contribution in [0, 0.1) is 6.92 Å². The largest absolute Gasteiger partial charge is 0.435 e. The fourth-order valence-corrected chi connectivity index (χ4v) is 5.22. The van der Waals surface area contributed by atoms with Crippen molar-refractivity contribution in [2.24, 2.45) is 0 Å². The third-order valence-electron chi connectivity index (χ3n) is 7.45. The Morgan fingerprint density at radius 1 is 1.07 bits per heavy atom. The number of nitrogens with zero attached hydrogens (tertiary/aromatic N) is 3. The van der Waals surface area contributed by atoms with Crippen LogP contribution >= 0.6 is 0 Å². The molecule has 8 nitrogen and oxygen atoms in total. The van der Waals surface area contributed by atoms with Gasteiger partial charge in [-0.25, -0.2) is 4.98 Å². The highest BCUT2D eigenvalue weighted by Gasteiger charge is 2.36. The zero-order chi connectivity index (χ0) is 30.8. The van der Waals surface area contributed by atoms with Gasteiger partial charge in [-0.05, 0) is 62.1 Å². The number of carbonyl (C=O) groups excluding carboxylic acids is 1. The molecule has 1 fully saturated rings. The molecule has 12 heteroatoms. The Kier molecular flexibility index (Phi) is 9.27. The van der Waals surface area contributed by atoms with Crippen LogP contribution in [0.25, 0.3) is 11.1 Å². The fraction of sp³-hybridized carbons (Fsp3) is 0.400. The first kappa shape index (κ1) is 31.0. The van der Waals surface area contributed by atoms with E-state index in [9.17, 15) is 32.6 Å². The lowest BCUT2D eigenvalue weighted by Crippen LogP contribution is -2.42. The SMILES string of the molecule is Cc1ccccc1-c1cc(N2C[C@H](O)C[C@H]2CO)ncc1N(C)C(=O)C(C)(C)c1cc(OC(F)F)cc(OC(F)F)c1. The van der Waals surface area contributed by atoms with Gasteiger partial charge < -0.3 is 29.5 Å². The van der Waals surface area contributed by atoms with Gasteiger partial charge >= 0.3 is 13.2 Å². The predicted molar refractivity (Wildman–Crippen MR) is 149 cm³/mol. The summed E-state index contributed by atoms with van der Waals surface area (Å²) in [6.45, 7) is -1.34. The first-order chi connectivity index (χ1) is 19.8. The molecule has 2 heterocycles. The summed E-state index contributed by atoms with van der Waals surface area (Å²) in [7, 11) is 1.54. The number of alkyl halides is 4. The van der Waals surface area contributed by atoms with E-state index in [1.54, 1.807) is 6.07 Å². The van der Waals surface area contributed by atoms with Gasteiger partial charge in [0.05, 0.1) is 36.1 Å². The van der Waals surface area contributed by atoms with Gasteiger partial charge in [-0.1, -0.05) is 24.3 Å². The van der Waals surface area contributed by atoms with Crippen LogP contribution in [0.1, 0.15) is 31.4 Å². The number of hydrogen-bond donors (Lipinski definition) is 2. The summed E-state index contributed by atoms with van der Waals surface area (Å²) >= 11 is 0. The van der Waals surface area contributed by atoms with E-state index in [0.717, 1.165) is 17.2 Å². The number of benzene rings is 2. The van der Waals surface area contributed by atoms with Crippen molar-refractivity contribution in [3.05, 3.63) is 65.9 Å². The molecule has 226 valence electrons. The molecule has 0 radical (unpaired) electrons. The average molecular weight is 592 g/mol. The second-order valence-corrected chi connectivity index (χ2v) is 10.7. The van der Waals surface area contributed by atoms with Crippen molar-refractivity contribution < 1.29 is 42.0 Å². The topological polar surface area (TPSA) is 95.4 Å². The summed E-state index contributed by atoms with van der Waals surface area (Å²) in [4.78, 5) is 21.8. The number of pyridine rings is 1. The average Bonchev–Trinajstić information content (AvgIpc) is 3.32. The number of aliphatic hydroxyl groups is 2. The normalized spacial score (nSPS) is 17.2. The van der Waals surface area contributed by atoms with Crippen molar-refractivity contribution in [3.8, 4) is 22.6 Å². The summed E-state index contributed by atoms with van der Waals surface area (Å²) in [6.07, 6.45) is 1.28. The number of carbonyl (C=O) groups is 1. The smallest absolute Gasteiger partial charge is 0.387 e. The van der Waals surface area contributed by atoms with Crippen LogP contribution in [-0.2, 0) is 10.2 Å². The first-order valence-corrected chi connectivity index (χ1v) is 13.3. The molecule has 1 amide bonds. The fourth-order valence-electron chi connectivity index (χ4n) is 5.22. The molecule has 0 spiro atoms. The molecule has 4 rings (SSSR count). The van der Waals surface area contributed by atoms with Crippen LogP contribution in [0.5, 0.6) is 11.5 Å². The molecular formula is C30H33F4N3O5. The Balaban J connectivity index is 1.77. The molecule has 42 heavy (non-hydrogen) atoms. The summed E-state index contributed by atoms with van der Waals surface area (Å²) < 4.78 is 60.8. The molecule has 1 saturated heterocycles. The monoisotopic (exact) mass is 591 g/mol. The molecule has 2 aromatic carbocycles. The van der Waals surface area contributed by atoms with E-state index in [0.29, 0.717) is 23.5 Å². The molecule has 2 atom stereocenters. The maximum Gasteiger partial charge on any atom is 0.387 e. The lowest BCUT2D eigenvalue weighted by Gasteiger charge is -2.32. The molecule has 1 aliphatic rings. The van der Waals surface area contributed by atoms with Gasteiger partial charge in [0.15, 0.2) is 0 Å². The van der Waals surface area contributed by atoms with Crippen LogP contribution in [0.3, 0.4) is 0 Å². The standard InChI is InChI=1S/C30H33F4N3O5/c1-17-7-5-6-8-23(17)24-13-26(37-15-20(39)11-19(37)16-38)35-14-25(24)36(4)27(40)30(2,3)18-9-21(41-28(31)32)12-22(10-18)42-29(33)34/h5-10,12-14,19-20,28-29,38-39H,11,15-16H2,1-4H3/t19-,20+/m0/s1. The number of rotatable bonds is 10. The molecular weight excluding hydrogens is 558 g/mol. The number of aryl methyl sites for hydroxylation is 1. The van der Waals surface area contributed by atoms with Crippen LogP contribution < -0.4 is 19.3 Å². The maximum absolute atomic E-state index is 14.0. The summed E-state index contributed by atoms with van der Waals surface area (Å²) in [5.41, 5.74) is 1.51. The predicted octanol–water partition coefficient (Wildman–Crippen LogP) is 5.13. The Hall–Kier alpha value is -3.90. The quantitative estimate of drug-likeness (QED) is 0.316. The Labute approximate surface area is 241 Å². The van der Waals surface area contributed by atoms with E-state index in [1.165, 1.54) is 44.1 Å². The van der Waals surface area contributed by atoms with Crippen molar-refractivity contribution in [3.63, 3.8) is 0 Å². The van der Waals surface area contributed by atoms with Gasteiger partial charge in [0.2, 0.25) is 5.91 Å². The van der Waals surface area contributed by atoms with E-state index in [-0.39, 0.29) is 24.8 Å². The molecule has 0 unspecified atom stereocenters. The van der Waals surface area contributed by atoms with Gasteiger partial charge in [0, 0.05) is 25.2 Å². The van der Waals surface area contributed by atoms with E-state index in [4.69, 9.17) is 0 Å². The summed E-state index contributed by atoms with van der Waals surface area (Å²) in [5, 5.41) is 20.1. The third kappa shape index (κ3) is 6.60. The van der Waals surface area contributed by atoms with Crippen LogP contribution in [0.4, 0.5) is 29.1 Å². The van der Waals surface area contributed by atoms with E-state index >= 15 is 0 Å². The number of β-amino-alcohol motifs (C(OH)–C–C–N with tert-alkyl or cyclic N) is 1. The van der Waals surface area contributed by atoms with E-state index in [2.05, 4.69) is 14.5 Å². The van der Waals surface area contributed by atoms with Gasteiger partial charge in [-0.15, -0.1) is 0 Å². The van der Waals surface area contributed by atoms with Crippen molar-refractivity contribution in [2.45, 2.75) is 58.0 Å². The molecule has 2 N–H and O–H groups in total. The number of aromatic nitrogens is 1.